The monoisotopic (exact) mass is 260 g/mol. The van der Waals surface area contributed by atoms with E-state index in [1.165, 1.54) is 35.5 Å². The lowest BCUT2D eigenvalue weighted by Gasteiger charge is -2.18. The molecule has 0 amide bonds. The fraction of sp³-hybridized carbons (Fsp3) is 0.562. The Bertz CT molecular complexity index is 440. The maximum absolute atomic E-state index is 11.7. The molecular weight excluding hydrogens is 240 g/mol. The van der Waals surface area contributed by atoms with Crippen LogP contribution in [0.15, 0.2) is 29.2 Å². The number of Topliss-reactive ketones (excluding diaryl/α,β-unsaturated/α-hetero) is 1. The molecule has 0 N–H and O–H groups in total. The van der Waals surface area contributed by atoms with Crippen molar-refractivity contribution in [2.24, 2.45) is 5.92 Å². The van der Waals surface area contributed by atoms with Gasteiger partial charge in [0.15, 0.2) is 0 Å². The number of benzene rings is 1. The molecule has 18 heavy (non-hydrogen) atoms. The number of carbonyl (C=O) groups is 1. The highest BCUT2D eigenvalue weighted by atomic mass is 32.2. The zero-order valence-corrected chi connectivity index (χ0v) is 11.5. The van der Waals surface area contributed by atoms with Gasteiger partial charge in [0, 0.05) is 23.5 Å². The van der Waals surface area contributed by atoms with Gasteiger partial charge in [0.25, 0.3) is 0 Å². The largest absolute Gasteiger partial charge is 0.300 e. The average Bonchev–Trinajstić information content (AvgIpc) is 2.66. The smallest absolute Gasteiger partial charge is 0.133 e. The van der Waals surface area contributed by atoms with E-state index in [1.54, 1.807) is 0 Å². The van der Waals surface area contributed by atoms with Crippen molar-refractivity contribution in [2.45, 2.75) is 49.3 Å². The first-order valence-electron chi connectivity index (χ1n) is 7.06. The Hall–Kier alpha value is -0.760. The number of fused-ring (bicyclic) bond motifs is 1. The van der Waals surface area contributed by atoms with Crippen LogP contribution >= 0.6 is 11.8 Å². The Morgan fingerprint density at radius 3 is 3.06 bits per heavy atom. The van der Waals surface area contributed by atoms with Gasteiger partial charge in [-0.3, -0.25) is 4.79 Å². The number of carbonyl (C=O) groups excluding carboxylic acids is 1. The molecule has 1 saturated carbocycles. The molecule has 1 fully saturated rings. The fourth-order valence-corrected chi connectivity index (χ4v) is 4.58. The van der Waals surface area contributed by atoms with Gasteiger partial charge in [0.05, 0.1) is 0 Å². The van der Waals surface area contributed by atoms with E-state index in [-0.39, 0.29) is 0 Å². The normalized spacial score (nSPS) is 27.9. The number of ketones is 1. The van der Waals surface area contributed by atoms with Crippen LogP contribution in [0.5, 0.6) is 0 Å². The maximum atomic E-state index is 11.7. The summed E-state index contributed by atoms with van der Waals surface area (Å²) in [5.74, 6) is 3.03. The number of hydrogen-bond donors (Lipinski definition) is 0. The Morgan fingerprint density at radius 2 is 2.11 bits per heavy atom. The summed E-state index contributed by atoms with van der Waals surface area (Å²) in [6.45, 7) is 0. The van der Waals surface area contributed by atoms with Crippen LogP contribution in [-0.2, 0) is 4.79 Å². The Morgan fingerprint density at radius 1 is 1.22 bits per heavy atom. The summed E-state index contributed by atoms with van der Waals surface area (Å²) in [5.41, 5.74) is 1.53. The van der Waals surface area contributed by atoms with Gasteiger partial charge in [-0.15, -0.1) is 11.8 Å². The standard InChI is InChI=1S/C16H20OS/c17-14-6-2-1-5-12(10-14)9-13-11-18-16-8-4-3-7-15(13)16/h3-4,7-8,12-13H,1-2,5-6,9-11H2. The summed E-state index contributed by atoms with van der Waals surface area (Å²) in [4.78, 5) is 13.2. The summed E-state index contributed by atoms with van der Waals surface area (Å²) in [6.07, 6.45) is 6.50. The zero-order valence-electron chi connectivity index (χ0n) is 10.7. The Kier molecular flexibility index (Phi) is 3.74. The van der Waals surface area contributed by atoms with Crippen LogP contribution in [0.3, 0.4) is 0 Å². The molecule has 2 unspecified atom stereocenters. The minimum Gasteiger partial charge on any atom is -0.300 e. The molecule has 1 aliphatic heterocycles. The van der Waals surface area contributed by atoms with Crippen molar-refractivity contribution in [1.29, 1.82) is 0 Å². The average molecular weight is 260 g/mol. The van der Waals surface area contributed by atoms with Gasteiger partial charge in [-0.25, -0.2) is 0 Å². The van der Waals surface area contributed by atoms with Crippen molar-refractivity contribution in [1.82, 2.24) is 0 Å². The third-order valence-electron chi connectivity index (χ3n) is 4.25. The number of thioether (sulfide) groups is 1. The Balaban J connectivity index is 1.68. The molecule has 96 valence electrons. The molecular formula is C16H20OS. The molecule has 0 spiro atoms. The fourth-order valence-electron chi connectivity index (χ4n) is 3.31. The lowest BCUT2D eigenvalue weighted by atomic mass is 9.86. The van der Waals surface area contributed by atoms with Crippen molar-refractivity contribution in [3.63, 3.8) is 0 Å². The van der Waals surface area contributed by atoms with Gasteiger partial charge in [-0.2, -0.15) is 0 Å². The second-order valence-electron chi connectivity index (χ2n) is 5.64. The van der Waals surface area contributed by atoms with Crippen molar-refractivity contribution >= 4 is 17.5 Å². The third kappa shape index (κ3) is 2.64. The first-order chi connectivity index (χ1) is 8.83. The van der Waals surface area contributed by atoms with Crippen molar-refractivity contribution in [3.05, 3.63) is 29.8 Å². The van der Waals surface area contributed by atoms with Crippen molar-refractivity contribution in [3.8, 4) is 0 Å². The predicted molar refractivity (Wildman–Crippen MR) is 76.1 cm³/mol. The van der Waals surface area contributed by atoms with Crippen LogP contribution in [0.25, 0.3) is 0 Å². The van der Waals surface area contributed by atoms with Gasteiger partial charge in [0.2, 0.25) is 0 Å². The van der Waals surface area contributed by atoms with E-state index in [9.17, 15) is 4.79 Å². The highest BCUT2D eigenvalue weighted by molar-refractivity contribution is 7.99. The van der Waals surface area contributed by atoms with E-state index in [0.29, 0.717) is 17.6 Å². The molecule has 1 aromatic carbocycles. The minimum absolute atomic E-state index is 0.497. The molecule has 0 bridgehead atoms. The summed E-state index contributed by atoms with van der Waals surface area (Å²) in [6, 6.07) is 8.79. The second kappa shape index (κ2) is 5.48. The highest BCUT2D eigenvalue weighted by Gasteiger charge is 2.27. The maximum Gasteiger partial charge on any atom is 0.133 e. The van der Waals surface area contributed by atoms with Gasteiger partial charge < -0.3 is 0 Å². The SMILES string of the molecule is O=C1CCCCC(CC2CSc3ccccc32)C1. The quantitative estimate of drug-likeness (QED) is 0.732. The van der Waals surface area contributed by atoms with Gasteiger partial charge >= 0.3 is 0 Å². The van der Waals surface area contributed by atoms with Crippen LogP contribution in [0.2, 0.25) is 0 Å². The lowest BCUT2D eigenvalue weighted by molar-refractivity contribution is -0.119. The van der Waals surface area contributed by atoms with Crippen LogP contribution < -0.4 is 0 Å². The molecule has 1 aliphatic carbocycles. The van der Waals surface area contributed by atoms with E-state index >= 15 is 0 Å². The summed E-state index contributed by atoms with van der Waals surface area (Å²) in [7, 11) is 0. The first-order valence-corrected chi connectivity index (χ1v) is 8.05. The molecule has 1 heterocycles. The summed E-state index contributed by atoms with van der Waals surface area (Å²) >= 11 is 1.99. The summed E-state index contributed by atoms with van der Waals surface area (Å²) in [5, 5.41) is 0. The van der Waals surface area contributed by atoms with E-state index in [0.717, 1.165) is 19.3 Å². The van der Waals surface area contributed by atoms with Crippen LogP contribution in [0.4, 0.5) is 0 Å². The molecule has 1 aromatic rings. The molecule has 2 heteroatoms. The molecule has 0 radical (unpaired) electrons. The van der Waals surface area contributed by atoms with Crippen molar-refractivity contribution < 1.29 is 4.79 Å². The zero-order chi connectivity index (χ0) is 12.4. The predicted octanol–water partition coefficient (Wildman–Crippen LogP) is 4.42. The molecule has 2 aliphatic rings. The van der Waals surface area contributed by atoms with E-state index in [2.05, 4.69) is 24.3 Å². The number of hydrogen-bond acceptors (Lipinski definition) is 2. The van der Waals surface area contributed by atoms with Crippen LogP contribution in [0, 0.1) is 5.92 Å². The summed E-state index contributed by atoms with van der Waals surface area (Å²) < 4.78 is 0. The van der Waals surface area contributed by atoms with Gasteiger partial charge in [-0.05, 0) is 42.7 Å². The third-order valence-corrected chi connectivity index (χ3v) is 5.50. The van der Waals surface area contributed by atoms with Gasteiger partial charge in [0.1, 0.15) is 5.78 Å². The molecule has 0 aromatic heterocycles. The minimum atomic E-state index is 0.497. The second-order valence-corrected chi connectivity index (χ2v) is 6.70. The highest BCUT2D eigenvalue weighted by Crippen LogP contribution is 2.43. The van der Waals surface area contributed by atoms with E-state index in [4.69, 9.17) is 0 Å². The van der Waals surface area contributed by atoms with Crippen LogP contribution in [-0.4, -0.2) is 11.5 Å². The van der Waals surface area contributed by atoms with Crippen LogP contribution in [0.1, 0.15) is 50.0 Å². The number of rotatable bonds is 2. The van der Waals surface area contributed by atoms with Crippen molar-refractivity contribution in [2.75, 3.05) is 5.75 Å². The lowest BCUT2D eigenvalue weighted by Crippen LogP contribution is -2.10. The Labute approximate surface area is 113 Å². The van der Waals surface area contributed by atoms with E-state index < -0.39 is 0 Å². The molecule has 0 saturated heterocycles. The molecule has 3 rings (SSSR count). The van der Waals surface area contributed by atoms with Gasteiger partial charge in [-0.1, -0.05) is 24.6 Å². The first kappa shape index (κ1) is 12.3. The molecule has 2 atom stereocenters. The topological polar surface area (TPSA) is 17.1 Å². The molecule has 1 nitrogen and oxygen atoms in total. The van der Waals surface area contributed by atoms with E-state index in [1.807, 2.05) is 11.8 Å².